The fraction of sp³-hybridized carbons (Fsp3) is 0.111. The summed E-state index contributed by atoms with van der Waals surface area (Å²) in [6.45, 7) is 0.482. The number of halogens is 1. The van der Waals surface area contributed by atoms with Crippen molar-refractivity contribution in [1.29, 1.82) is 0 Å². The molecule has 0 unspecified atom stereocenters. The number of pyridine rings is 1. The van der Waals surface area contributed by atoms with Crippen LogP contribution in [0.1, 0.15) is 4.88 Å². The van der Waals surface area contributed by atoms with E-state index in [4.69, 9.17) is 16.3 Å². The molecular weight excluding hydrogens is 220 g/mol. The Morgan fingerprint density at radius 1 is 1.50 bits per heavy atom. The Morgan fingerprint density at radius 2 is 2.43 bits per heavy atom. The Morgan fingerprint density at radius 3 is 3.14 bits per heavy atom. The van der Waals surface area contributed by atoms with E-state index in [0.29, 0.717) is 17.5 Å². The second-order valence-corrected chi connectivity index (χ2v) is 3.88. The predicted octanol–water partition coefficient (Wildman–Crippen LogP) is 2.77. The van der Waals surface area contributed by atoms with Gasteiger partial charge in [-0.1, -0.05) is 11.6 Å². The summed E-state index contributed by atoms with van der Waals surface area (Å²) in [5, 5.41) is 0.386. The molecule has 0 saturated carbocycles. The Bertz CT molecular complexity index is 405. The zero-order valence-corrected chi connectivity index (χ0v) is 8.76. The third-order valence-electron chi connectivity index (χ3n) is 1.58. The molecule has 0 bridgehead atoms. The lowest BCUT2D eigenvalue weighted by atomic mass is 10.4. The molecule has 5 heteroatoms. The van der Waals surface area contributed by atoms with Gasteiger partial charge in [-0.3, -0.25) is 4.98 Å². The first-order valence-corrected chi connectivity index (χ1v) is 5.22. The number of thiazole rings is 1. The topological polar surface area (TPSA) is 35.0 Å². The van der Waals surface area contributed by atoms with Crippen LogP contribution < -0.4 is 4.74 Å². The highest BCUT2D eigenvalue weighted by Crippen LogP contribution is 2.21. The molecule has 0 aromatic carbocycles. The summed E-state index contributed by atoms with van der Waals surface area (Å²) < 4.78 is 5.46. The Balaban J connectivity index is 2.02. The van der Waals surface area contributed by atoms with E-state index in [0.717, 1.165) is 4.88 Å². The van der Waals surface area contributed by atoms with Gasteiger partial charge >= 0.3 is 0 Å². The zero-order chi connectivity index (χ0) is 9.80. The molecule has 0 spiro atoms. The van der Waals surface area contributed by atoms with E-state index in [-0.39, 0.29) is 0 Å². The SMILES string of the molecule is Clc1ncccc1OCc1cncs1. The highest BCUT2D eigenvalue weighted by molar-refractivity contribution is 7.09. The molecule has 2 aromatic heterocycles. The van der Waals surface area contributed by atoms with E-state index in [9.17, 15) is 0 Å². The van der Waals surface area contributed by atoms with Gasteiger partial charge < -0.3 is 4.74 Å². The predicted molar refractivity (Wildman–Crippen MR) is 55.7 cm³/mol. The average Bonchev–Trinajstić information content (AvgIpc) is 2.69. The van der Waals surface area contributed by atoms with E-state index >= 15 is 0 Å². The van der Waals surface area contributed by atoms with Crippen LogP contribution in [0.3, 0.4) is 0 Å². The molecule has 0 N–H and O–H groups in total. The molecular formula is C9H7ClN2OS. The van der Waals surface area contributed by atoms with Crippen LogP contribution in [-0.2, 0) is 6.61 Å². The summed E-state index contributed by atoms with van der Waals surface area (Å²) in [6.07, 6.45) is 3.40. The molecule has 3 nitrogen and oxygen atoms in total. The molecule has 2 aromatic rings. The van der Waals surface area contributed by atoms with Crippen LogP contribution >= 0.6 is 22.9 Å². The summed E-state index contributed by atoms with van der Waals surface area (Å²) in [6, 6.07) is 3.57. The van der Waals surface area contributed by atoms with Gasteiger partial charge in [0, 0.05) is 12.4 Å². The Hall–Kier alpha value is -1.13. The average molecular weight is 227 g/mol. The smallest absolute Gasteiger partial charge is 0.171 e. The maximum Gasteiger partial charge on any atom is 0.171 e. The van der Waals surface area contributed by atoms with Gasteiger partial charge in [0.1, 0.15) is 6.61 Å². The first-order chi connectivity index (χ1) is 6.86. The fourth-order valence-corrected chi connectivity index (χ4v) is 1.62. The van der Waals surface area contributed by atoms with Crippen molar-refractivity contribution >= 4 is 22.9 Å². The summed E-state index contributed by atoms with van der Waals surface area (Å²) in [7, 11) is 0. The van der Waals surface area contributed by atoms with Gasteiger partial charge in [-0.05, 0) is 12.1 Å². The van der Waals surface area contributed by atoms with Crippen molar-refractivity contribution in [1.82, 2.24) is 9.97 Å². The molecule has 72 valence electrons. The molecule has 0 aliphatic heterocycles. The van der Waals surface area contributed by atoms with Crippen LogP contribution in [0.4, 0.5) is 0 Å². The monoisotopic (exact) mass is 226 g/mol. The van der Waals surface area contributed by atoms with E-state index in [2.05, 4.69) is 9.97 Å². The first-order valence-electron chi connectivity index (χ1n) is 3.97. The van der Waals surface area contributed by atoms with Crippen molar-refractivity contribution in [2.45, 2.75) is 6.61 Å². The van der Waals surface area contributed by atoms with Gasteiger partial charge in [-0.15, -0.1) is 11.3 Å². The molecule has 0 aliphatic rings. The van der Waals surface area contributed by atoms with Crippen LogP contribution in [0.2, 0.25) is 5.15 Å². The minimum Gasteiger partial charge on any atom is -0.485 e. The molecule has 0 radical (unpaired) electrons. The third kappa shape index (κ3) is 2.21. The quantitative estimate of drug-likeness (QED) is 0.755. The van der Waals surface area contributed by atoms with Crippen LogP contribution in [0.25, 0.3) is 0 Å². The van der Waals surface area contributed by atoms with Crippen LogP contribution in [0, 0.1) is 0 Å². The lowest BCUT2D eigenvalue weighted by Crippen LogP contribution is -1.94. The molecule has 0 fully saturated rings. The fourth-order valence-electron chi connectivity index (χ4n) is 0.941. The van der Waals surface area contributed by atoms with Crippen LogP contribution in [0.5, 0.6) is 5.75 Å². The summed E-state index contributed by atoms with van der Waals surface area (Å²) >= 11 is 7.36. The van der Waals surface area contributed by atoms with Crippen molar-refractivity contribution in [3.8, 4) is 5.75 Å². The van der Waals surface area contributed by atoms with Crippen molar-refractivity contribution in [3.05, 3.63) is 40.1 Å². The second-order valence-electron chi connectivity index (χ2n) is 2.55. The van der Waals surface area contributed by atoms with E-state index in [1.807, 2.05) is 0 Å². The summed E-state index contributed by atoms with van der Waals surface area (Å²) in [5.41, 5.74) is 1.77. The molecule has 0 saturated heterocycles. The van der Waals surface area contributed by atoms with Crippen molar-refractivity contribution in [2.75, 3.05) is 0 Å². The zero-order valence-electron chi connectivity index (χ0n) is 7.18. The number of aromatic nitrogens is 2. The van der Waals surface area contributed by atoms with Crippen molar-refractivity contribution in [3.63, 3.8) is 0 Å². The lowest BCUT2D eigenvalue weighted by Gasteiger charge is -2.04. The maximum absolute atomic E-state index is 5.82. The number of hydrogen-bond donors (Lipinski definition) is 0. The standard InChI is InChI=1S/C9H7ClN2OS/c10-9-8(2-1-3-12-9)13-5-7-4-11-6-14-7/h1-4,6H,5H2. The van der Waals surface area contributed by atoms with Crippen molar-refractivity contribution < 1.29 is 4.74 Å². The molecule has 2 rings (SSSR count). The number of rotatable bonds is 3. The van der Waals surface area contributed by atoms with Gasteiger partial charge in [-0.2, -0.15) is 0 Å². The van der Waals surface area contributed by atoms with E-state index in [1.165, 1.54) is 0 Å². The minimum atomic E-state index is 0.386. The van der Waals surface area contributed by atoms with Gasteiger partial charge in [0.2, 0.25) is 0 Å². The third-order valence-corrected chi connectivity index (χ3v) is 2.62. The molecule has 2 heterocycles. The second kappa shape index (κ2) is 4.39. The number of ether oxygens (including phenoxy) is 1. The van der Waals surface area contributed by atoms with Gasteiger partial charge in [-0.25, -0.2) is 4.98 Å². The van der Waals surface area contributed by atoms with Gasteiger partial charge in [0.25, 0.3) is 0 Å². The van der Waals surface area contributed by atoms with Crippen molar-refractivity contribution in [2.24, 2.45) is 0 Å². The van der Waals surface area contributed by atoms with Gasteiger partial charge in [0.15, 0.2) is 10.9 Å². The van der Waals surface area contributed by atoms with Gasteiger partial charge in [0.05, 0.1) is 10.4 Å². The lowest BCUT2D eigenvalue weighted by molar-refractivity contribution is 0.308. The van der Waals surface area contributed by atoms with E-state index < -0.39 is 0 Å². The van der Waals surface area contributed by atoms with Crippen LogP contribution in [-0.4, -0.2) is 9.97 Å². The molecule has 14 heavy (non-hydrogen) atoms. The summed E-state index contributed by atoms with van der Waals surface area (Å²) in [4.78, 5) is 8.91. The Kier molecular flexibility index (Phi) is 2.96. The number of nitrogens with zero attached hydrogens (tertiary/aromatic N) is 2. The molecule has 0 atom stereocenters. The highest BCUT2D eigenvalue weighted by atomic mass is 35.5. The highest BCUT2D eigenvalue weighted by Gasteiger charge is 2.01. The van der Waals surface area contributed by atoms with Crippen LogP contribution in [0.15, 0.2) is 30.0 Å². The number of hydrogen-bond acceptors (Lipinski definition) is 4. The first kappa shape index (κ1) is 9.43. The van der Waals surface area contributed by atoms with E-state index in [1.54, 1.807) is 41.4 Å². The Labute approximate surface area is 90.3 Å². The maximum atomic E-state index is 5.82. The largest absolute Gasteiger partial charge is 0.485 e. The minimum absolute atomic E-state index is 0.386. The summed E-state index contributed by atoms with van der Waals surface area (Å²) in [5.74, 6) is 0.600. The normalized spacial score (nSPS) is 10.1. The molecule has 0 aliphatic carbocycles. The molecule has 0 amide bonds.